The smallest absolute Gasteiger partial charge is 0.224 e. The Morgan fingerprint density at radius 3 is 3.00 bits per heavy atom. The first-order chi connectivity index (χ1) is 8.78. The number of hydrogen-bond acceptors (Lipinski definition) is 2. The summed E-state index contributed by atoms with van der Waals surface area (Å²) in [5.74, 6) is 0.813. The van der Waals surface area contributed by atoms with Crippen molar-refractivity contribution in [1.82, 2.24) is 5.32 Å². The predicted molar refractivity (Wildman–Crippen MR) is 81.9 cm³/mol. The summed E-state index contributed by atoms with van der Waals surface area (Å²) in [5.41, 5.74) is 2.18. The average molecular weight is 283 g/mol. The van der Waals surface area contributed by atoms with E-state index in [1.54, 1.807) is 0 Å². The van der Waals surface area contributed by atoms with Crippen molar-refractivity contribution < 1.29 is 4.79 Å². The monoisotopic (exact) mass is 282 g/mol. The summed E-state index contributed by atoms with van der Waals surface area (Å²) in [6.45, 7) is 4.29. The zero-order chi connectivity index (χ0) is 12.8. The Kier molecular flexibility index (Phi) is 6.89. The molecule has 3 nitrogen and oxygen atoms in total. The zero-order valence-electron chi connectivity index (χ0n) is 11.4. The molecule has 1 fully saturated rings. The van der Waals surface area contributed by atoms with Gasteiger partial charge in [-0.1, -0.05) is 19.1 Å². The number of carbonyl (C=O) groups excluding carboxylic acids is 1. The van der Waals surface area contributed by atoms with Gasteiger partial charge in [0.2, 0.25) is 5.91 Å². The van der Waals surface area contributed by atoms with E-state index in [0.29, 0.717) is 12.3 Å². The summed E-state index contributed by atoms with van der Waals surface area (Å²) >= 11 is 0. The third-order valence-corrected chi connectivity index (χ3v) is 3.56. The highest BCUT2D eigenvalue weighted by molar-refractivity contribution is 5.90. The normalized spacial score (nSPS) is 17.8. The van der Waals surface area contributed by atoms with Crippen LogP contribution in [-0.4, -0.2) is 19.0 Å². The van der Waals surface area contributed by atoms with Crippen LogP contribution >= 0.6 is 12.4 Å². The maximum absolute atomic E-state index is 11.8. The molecule has 0 saturated carbocycles. The van der Waals surface area contributed by atoms with Gasteiger partial charge in [0.25, 0.3) is 0 Å². The molecule has 1 heterocycles. The van der Waals surface area contributed by atoms with Crippen molar-refractivity contribution in [2.45, 2.75) is 32.6 Å². The SMILES string of the molecule is CCc1cccc(NC(=O)CCC2CCNC2)c1.Cl. The number of hydrogen-bond donors (Lipinski definition) is 2. The molecule has 1 aliphatic rings. The number of nitrogens with one attached hydrogen (secondary N) is 2. The summed E-state index contributed by atoms with van der Waals surface area (Å²) in [4.78, 5) is 11.8. The first kappa shape index (κ1) is 16.0. The fraction of sp³-hybridized carbons (Fsp3) is 0.533. The number of rotatable bonds is 5. The zero-order valence-corrected chi connectivity index (χ0v) is 12.3. The van der Waals surface area contributed by atoms with Gasteiger partial charge in [0.15, 0.2) is 0 Å². The van der Waals surface area contributed by atoms with Gasteiger partial charge in [-0.15, -0.1) is 12.4 Å². The van der Waals surface area contributed by atoms with Gasteiger partial charge in [0.05, 0.1) is 0 Å². The number of carbonyl (C=O) groups is 1. The molecule has 0 aliphatic carbocycles. The molecule has 1 saturated heterocycles. The van der Waals surface area contributed by atoms with Crippen LogP contribution < -0.4 is 10.6 Å². The van der Waals surface area contributed by atoms with Crippen LogP contribution in [0.1, 0.15) is 31.7 Å². The van der Waals surface area contributed by atoms with Gasteiger partial charge in [-0.25, -0.2) is 0 Å². The van der Waals surface area contributed by atoms with Gasteiger partial charge in [0.1, 0.15) is 0 Å². The standard InChI is InChI=1S/C15H22N2O.ClH/c1-2-12-4-3-5-14(10-12)17-15(18)7-6-13-8-9-16-11-13;/h3-5,10,13,16H,2,6-9,11H2,1H3,(H,17,18);1H. The van der Waals surface area contributed by atoms with Gasteiger partial charge in [-0.05, 0) is 56.0 Å². The molecule has 0 aromatic heterocycles. The van der Waals surface area contributed by atoms with E-state index in [2.05, 4.69) is 29.7 Å². The van der Waals surface area contributed by atoms with Gasteiger partial charge in [-0.2, -0.15) is 0 Å². The van der Waals surface area contributed by atoms with Crippen molar-refractivity contribution in [2.75, 3.05) is 18.4 Å². The maximum Gasteiger partial charge on any atom is 0.224 e. The fourth-order valence-electron chi connectivity index (χ4n) is 2.39. The van der Waals surface area contributed by atoms with E-state index >= 15 is 0 Å². The van der Waals surface area contributed by atoms with E-state index in [1.807, 2.05) is 12.1 Å². The second-order valence-corrected chi connectivity index (χ2v) is 5.00. The third kappa shape index (κ3) is 5.21. The summed E-state index contributed by atoms with van der Waals surface area (Å²) in [7, 11) is 0. The molecule has 4 heteroatoms. The summed E-state index contributed by atoms with van der Waals surface area (Å²) < 4.78 is 0. The molecule has 19 heavy (non-hydrogen) atoms. The molecule has 1 aliphatic heterocycles. The minimum absolute atomic E-state index is 0. The summed E-state index contributed by atoms with van der Waals surface area (Å²) in [6.07, 6.45) is 3.82. The summed E-state index contributed by atoms with van der Waals surface area (Å²) in [5, 5.41) is 6.31. The average Bonchev–Trinajstić information content (AvgIpc) is 2.90. The minimum Gasteiger partial charge on any atom is -0.326 e. The van der Waals surface area contributed by atoms with Crippen LogP contribution in [0.2, 0.25) is 0 Å². The highest BCUT2D eigenvalue weighted by Gasteiger charge is 2.15. The Bertz CT molecular complexity index is 403. The highest BCUT2D eigenvalue weighted by atomic mass is 35.5. The molecule has 0 radical (unpaired) electrons. The van der Waals surface area contributed by atoms with Gasteiger partial charge >= 0.3 is 0 Å². The number of halogens is 1. The summed E-state index contributed by atoms with van der Waals surface area (Å²) in [6, 6.07) is 8.08. The van der Waals surface area contributed by atoms with E-state index in [9.17, 15) is 4.79 Å². The molecular weight excluding hydrogens is 260 g/mol. The minimum atomic E-state index is 0. The molecule has 0 bridgehead atoms. The third-order valence-electron chi connectivity index (χ3n) is 3.56. The van der Waals surface area contributed by atoms with Crippen LogP contribution in [0.25, 0.3) is 0 Å². The Hall–Kier alpha value is -1.06. The van der Waals surface area contributed by atoms with E-state index in [0.717, 1.165) is 31.6 Å². The van der Waals surface area contributed by atoms with Crippen LogP contribution in [0.5, 0.6) is 0 Å². The van der Waals surface area contributed by atoms with Crippen molar-refractivity contribution in [3.8, 4) is 0 Å². The Morgan fingerprint density at radius 2 is 2.32 bits per heavy atom. The van der Waals surface area contributed by atoms with Gasteiger partial charge in [0, 0.05) is 12.1 Å². The Labute approximate surface area is 121 Å². The number of aryl methyl sites for hydroxylation is 1. The molecule has 1 unspecified atom stereocenters. The van der Waals surface area contributed by atoms with Crippen LogP contribution in [0.3, 0.4) is 0 Å². The van der Waals surface area contributed by atoms with Crippen LogP contribution in [0.4, 0.5) is 5.69 Å². The molecule has 1 aromatic rings. The van der Waals surface area contributed by atoms with Gasteiger partial charge in [-0.3, -0.25) is 4.79 Å². The second-order valence-electron chi connectivity index (χ2n) is 5.00. The van der Waals surface area contributed by atoms with E-state index in [-0.39, 0.29) is 18.3 Å². The van der Waals surface area contributed by atoms with Crippen molar-refractivity contribution in [3.63, 3.8) is 0 Å². The van der Waals surface area contributed by atoms with Crippen molar-refractivity contribution >= 4 is 24.0 Å². The van der Waals surface area contributed by atoms with Crippen molar-refractivity contribution in [3.05, 3.63) is 29.8 Å². The Morgan fingerprint density at radius 1 is 1.47 bits per heavy atom. The lowest BCUT2D eigenvalue weighted by Crippen LogP contribution is -2.15. The largest absolute Gasteiger partial charge is 0.326 e. The van der Waals surface area contributed by atoms with Crippen molar-refractivity contribution in [2.24, 2.45) is 5.92 Å². The van der Waals surface area contributed by atoms with E-state index in [1.165, 1.54) is 12.0 Å². The van der Waals surface area contributed by atoms with E-state index in [4.69, 9.17) is 0 Å². The van der Waals surface area contributed by atoms with Crippen LogP contribution in [0, 0.1) is 5.92 Å². The topological polar surface area (TPSA) is 41.1 Å². The quantitative estimate of drug-likeness (QED) is 0.872. The number of amides is 1. The lowest BCUT2D eigenvalue weighted by atomic mass is 10.0. The van der Waals surface area contributed by atoms with Crippen LogP contribution in [-0.2, 0) is 11.2 Å². The molecular formula is C15H23ClN2O. The van der Waals surface area contributed by atoms with E-state index < -0.39 is 0 Å². The first-order valence-electron chi connectivity index (χ1n) is 6.87. The number of benzene rings is 1. The van der Waals surface area contributed by atoms with Gasteiger partial charge < -0.3 is 10.6 Å². The molecule has 0 spiro atoms. The highest BCUT2D eigenvalue weighted by Crippen LogP contribution is 2.16. The molecule has 1 amide bonds. The van der Waals surface area contributed by atoms with Crippen molar-refractivity contribution in [1.29, 1.82) is 0 Å². The molecule has 2 rings (SSSR count). The molecule has 106 valence electrons. The first-order valence-corrected chi connectivity index (χ1v) is 6.87. The number of anilines is 1. The second kappa shape index (κ2) is 8.18. The lowest BCUT2D eigenvalue weighted by Gasteiger charge is -2.09. The molecule has 1 atom stereocenters. The van der Waals surface area contributed by atoms with Crippen LogP contribution in [0.15, 0.2) is 24.3 Å². The molecule has 1 aromatic carbocycles. The Balaban J connectivity index is 0.00000180. The maximum atomic E-state index is 11.8. The predicted octanol–water partition coefficient (Wildman–Crippen LogP) is 3.00. The fourth-order valence-corrected chi connectivity index (χ4v) is 2.39. The lowest BCUT2D eigenvalue weighted by molar-refractivity contribution is -0.116. The molecule has 2 N–H and O–H groups in total.